The average Bonchev–Trinajstić information content (AvgIpc) is 2.41. The molecular formula is C14H19ClN2O. The van der Waals surface area contributed by atoms with Crippen LogP contribution in [0.3, 0.4) is 0 Å². The van der Waals surface area contributed by atoms with Crippen LogP contribution < -0.4 is 5.32 Å². The minimum absolute atomic E-state index is 0.285. The van der Waals surface area contributed by atoms with Crippen LogP contribution in [0.4, 0.5) is 0 Å². The molecule has 0 bridgehead atoms. The highest BCUT2D eigenvalue weighted by atomic mass is 35.5. The van der Waals surface area contributed by atoms with E-state index in [2.05, 4.69) is 16.5 Å². The van der Waals surface area contributed by atoms with Crippen LogP contribution in [0.1, 0.15) is 31.2 Å². The highest BCUT2D eigenvalue weighted by Crippen LogP contribution is 2.38. The van der Waals surface area contributed by atoms with E-state index in [1.54, 1.807) is 7.11 Å². The van der Waals surface area contributed by atoms with Crippen LogP contribution in [0, 0.1) is 0 Å². The molecule has 0 aliphatic heterocycles. The SMILES string of the molecule is CNC1(c2ccccc2Cl)CCCC/C1=N\OC. The Morgan fingerprint density at radius 3 is 2.78 bits per heavy atom. The smallest absolute Gasteiger partial charge is 0.106 e. The Kier molecular flexibility index (Phi) is 4.25. The fourth-order valence-electron chi connectivity index (χ4n) is 2.78. The van der Waals surface area contributed by atoms with Crippen molar-refractivity contribution in [1.82, 2.24) is 5.32 Å². The van der Waals surface area contributed by atoms with Gasteiger partial charge in [-0.2, -0.15) is 0 Å². The van der Waals surface area contributed by atoms with Crippen molar-refractivity contribution in [2.75, 3.05) is 14.2 Å². The third-order valence-corrected chi connectivity index (χ3v) is 4.00. The fourth-order valence-corrected chi connectivity index (χ4v) is 3.07. The normalized spacial score (nSPS) is 26.3. The molecule has 2 rings (SSSR count). The lowest BCUT2D eigenvalue weighted by atomic mass is 9.75. The molecule has 18 heavy (non-hydrogen) atoms. The molecule has 98 valence electrons. The number of halogens is 1. The predicted octanol–water partition coefficient (Wildman–Crippen LogP) is 3.33. The predicted molar refractivity (Wildman–Crippen MR) is 75.1 cm³/mol. The number of hydrogen-bond donors (Lipinski definition) is 1. The van der Waals surface area contributed by atoms with Crippen molar-refractivity contribution in [1.29, 1.82) is 0 Å². The molecule has 1 N–H and O–H groups in total. The van der Waals surface area contributed by atoms with Gasteiger partial charge in [0.15, 0.2) is 0 Å². The maximum Gasteiger partial charge on any atom is 0.106 e. The molecule has 1 aromatic rings. The van der Waals surface area contributed by atoms with Gasteiger partial charge in [0.25, 0.3) is 0 Å². The van der Waals surface area contributed by atoms with E-state index in [-0.39, 0.29) is 5.54 Å². The van der Waals surface area contributed by atoms with Gasteiger partial charge < -0.3 is 10.2 Å². The van der Waals surface area contributed by atoms with Crippen LogP contribution in [0.2, 0.25) is 5.02 Å². The van der Waals surface area contributed by atoms with Gasteiger partial charge in [0.05, 0.1) is 11.3 Å². The van der Waals surface area contributed by atoms with Crippen molar-refractivity contribution in [2.24, 2.45) is 5.16 Å². The molecule has 1 aromatic carbocycles. The molecule has 3 nitrogen and oxygen atoms in total. The first-order valence-electron chi connectivity index (χ1n) is 6.29. The zero-order valence-corrected chi connectivity index (χ0v) is 11.6. The standard InChI is InChI=1S/C14H19ClN2O/c1-16-14(11-7-3-4-8-12(11)15)10-6-5-9-13(14)17-18-2/h3-4,7-8,16H,5-6,9-10H2,1-2H3/b17-13+. The number of nitrogens with one attached hydrogen (secondary N) is 1. The summed E-state index contributed by atoms with van der Waals surface area (Å²) in [4.78, 5) is 5.00. The van der Waals surface area contributed by atoms with Crippen molar-refractivity contribution in [3.05, 3.63) is 34.9 Å². The maximum absolute atomic E-state index is 6.36. The molecule has 1 aliphatic rings. The Labute approximate surface area is 113 Å². The van der Waals surface area contributed by atoms with Crippen molar-refractivity contribution in [3.63, 3.8) is 0 Å². The summed E-state index contributed by atoms with van der Waals surface area (Å²) in [5.41, 5.74) is 1.84. The molecule has 4 heteroatoms. The third kappa shape index (κ3) is 2.25. The van der Waals surface area contributed by atoms with Gasteiger partial charge in [-0.05, 0) is 37.9 Å². The van der Waals surface area contributed by atoms with E-state index in [4.69, 9.17) is 16.4 Å². The summed E-state index contributed by atoms with van der Waals surface area (Å²) < 4.78 is 0. The zero-order valence-electron chi connectivity index (χ0n) is 10.9. The molecule has 0 aromatic heterocycles. The molecule has 0 radical (unpaired) electrons. The third-order valence-electron chi connectivity index (χ3n) is 3.67. The van der Waals surface area contributed by atoms with Gasteiger partial charge in [0.2, 0.25) is 0 Å². The molecule has 1 atom stereocenters. The quantitative estimate of drug-likeness (QED) is 0.852. The van der Waals surface area contributed by atoms with E-state index in [0.717, 1.165) is 42.0 Å². The number of hydrogen-bond acceptors (Lipinski definition) is 3. The van der Waals surface area contributed by atoms with Gasteiger partial charge in [-0.3, -0.25) is 0 Å². The highest BCUT2D eigenvalue weighted by Gasteiger charge is 2.40. The Hall–Kier alpha value is -1.06. The summed E-state index contributed by atoms with van der Waals surface area (Å²) in [5.74, 6) is 0. The molecule has 1 aliphatic carbocycles. The van der Waals surface area contributed by atoms with E-state index in [0.29, 0.717) is 0 Å². The highest BCUT2D eigenvalue weighted by molar-refractivity contribution is 6.31. The molecule has 0 saturated heterocycles. The molecule has 1 unspecified atom stereocenters. The van der Waals surface area contributed by atoms with Crippen molar-refractivity contribution in [2.45, 2.75) is 31.2 Å². The van der Waals surface area contributed by atoms with E-state index >= 15 is 0 Å². The van der Waals surface area contributed by atoms with E-state index in [1.165, 1.54) is 0 Å². The fraction of sp³-hybridized carbons (Fsp3) is 0.500. The zero-order chi connectivity index (χ0) is 13.0. The molecule has 0 amide bonds. The lowest BCUT2D eigenvalue weighted by Gasteiger charge is -2.38. The van der Waals surface area contributed by atoms with Crippen LogP contribution in [-0.4, -0.2) is 19.9 Å². The number of nitrogens with zero attached hydrogens (tertiary/aromatic N) is 1. The average molecular weight is 267 g/mol. The van der Waals surface area contributed by atoms with Crippen LogP contribution in [0.15, 0.2) is 29.4 Å². The summed E-state index contributed by atoms with van der Waals surface area (Å²) >= 11 is 6.36. The monoisotopic (exact) mass is 266 g/mol. The van der Waals surface area contributed by atoms with Gasteiger partial charge in [-0.15, -0.1) is 0 Å². The summed E-state index contributed by atoms with van der Waals surface area (Å²) in [5, 5.41) is 8.41. The molecule has 0 spiro atoms. The van der Waals surface area contributed by atoms with Gasteiger partial charge in [0, 0.05) is 5.02 Å². The Balaban J connectivity index is 2.51. The van der Waals surface area contributed by atoms with Crippen LogP contribution in [0.5, 0.6) is 0 Å². The molecule has 1 fully saturated rings. The van der Waals surface area contributed by atoms with Crippen LogP contribution >= 0.6 is 11.6 Å². The van der Waals surface area contributed by atoms with Gasteiger partial charge in [0.1, 0.15) is 7.11 Å². The number of rotatable bonds is 3. The van der Waals surface area contributed by atoms with Crippen LogP contribution in [0.25, 0.3) is 0 Å². The number of oxime groups is 1. The maximum atomic E-state index is 6.36. The van der Waals surface area contributed by atoms with E-state index in [1.807, 2.05) is 25.2 Å². The summed E-state index contributed by atoms with van der Waals surface area (Å²) in [6, 6.07) is 7.95. The first-order chi connectivity index (χ1) is 8.74. The topological polar surface area (TPSA) is 33.6 Å². The van der Waals surface area contributed by atoms with Gasteiger partial charge in [-0.1, -0.05) is 41.4 Å². The second-order valence-corrected chi connectivity index (χ2v) is 4.97. The Bertz CT molecular complexity index is 447. The Morgan fingerprint density at radius 2 is 2.11 bits per heavy atom. The van der Waals surface area contributed by atoms with Crippen molar-refractivity contribution < 1.29 is 4.84 Å². The molecular weight excluding hydrogens is 248 g/mol. The lowest BCUT2D eigenvalue weighted by Crippen LogP contribution is -2.49. The van der Waals surface area contributed by atoms with Gasteiger partial charge >= 0.3 is 0 Å². The first-order valence-corrected chi connectivity index (χ1v) is 6.67. The lowest BCUT2D eigenvalue weighted by molar-refractivity contribution is 0.204. The van der Waals surface area contributed by atoms with Crippen molar-refractivity contribution in [3.8, 4) is 0 Å². The summed E-state index contributed by atoms with van der Waals surface area (Å²) in [6.07, 6.45) is 4.25. The van der Waals surface area contributed by atoms with E-state index in [9.17, 15) is 0 Å². The van der Waals surface area contributed by atoms with Crippen molar-refractivity contribution >= 4 is 17.3 Å². The number of benzene rings is 1. The van der Waals surface area contributed by atoms with Crippen LogP contribution in [-0.2, 0) is 10.4 Å². The minimum atomic E-state index is -0.285. The first kappa shape index (κ1) is 13.4. The van der Waals surface area contributed by atoms with Gasteiger partial charge in [-0.25, -0.2) is 0 Å². The molecule has 1 saturated carbocycles. The summed E-state index contributed by atoms with van der Waals surface area (Å²) in [6.45, 7) is 0. The van der Waals surface area contributed by atoms with E-state index < -0.39 is 0 Å². The Morgan fingerprint density at radius 1 is 1.33 bits per heavy atom. The molecule has 0 heterocycles. The largest absolute Gasteiger partial charge is 0.399 e. The second-order valence-electron chi connectivity index (χ2n) is 4.56. The second kappa shape index (κ2) is 5.72. The summed E-state index contributed by atoms with van der Waals surface area (Å²) in [7, 11) is 3.55. The minimum Gasteiger partial charge on any atom is -0.399 e.